The molecule has 12 heavy (non-hydrogen) atoms. The van der Waals surface area contributed by atoms with Gasteiger partial charge >= 0.3 is 0 Å². The van der Waals surface area contributed by atoms with E-state index in [0.29, 0.717) is 6.54 Å². The number of hydrogen-bond acceptors (Lipinski definition) is 2. The molecule has 64 valence electrons. The van der Waals surface area contributed by atoms with Crippen LogP contribution < -0.4 is 0 Å². The van der Waals surface area contributed by atoms with Gasteiger partial charge in [0.25, 0.3) is 0 Å². The minimum Gasteiger partial charge on any atom is -0.394 e. The zero-order valence-electron chi connectivity index (χ0n) is 7.20. The van der Waals surface area contributed by atoms with Crippen LogP contribution in [0.15, 0.2) is 29.3 Å². The first kappa shape index (κ1) is 8.94. The van der Waals surface area contributed by atoms with E-state index in [9.17, 15) is 0 Å². The number of hydrogen-bond donors (Lipinski definition) is 1. The van der Waals surface area contributed by atoms with Crippen LogP contribution in [-0.4, -0.2) is 24.5 Å². The van der Waals surface area contributed by atoms with Crippen molar-refractivity contribution in [1.82, 2.24) is 0 Å². The largest absolute Gasteiger partial charge is 0.394 e. The molecule has 0 saturated carbocycles. The van der Waals surface area contributed by atoms with Crippen molar-refractivity contribution < 1.29 is 5.11 Å². The highest BCUT2D eigenvalue weighted by Crippen LogP contribution is 2.03. The van der Waals surface area contributed by atoms with Crippen molar-refractivity contribution in [3.63, 3.8) is 0 Å². The fourth-order valence-electron chi connectivity index (χ4n) is 0.952. The molecule has 0 unspecified atom stereocenters. The third-order valence-corrected chi connectivity index (χ3v) is 1.65. The van der Waals surface area contributed by atoms with Gasteiger partial charge in [-0.25, -0.2) is 0 Å². The summed E-state index contributed by atoms with van der Waals surface area (Å²) in [6, 6.07) is 8.03. The lowest BCUT2D eigenvalue weighted by Gasteiger charge is -1.96. The summed E-state index contributed by atoms with van der Waals surface area (Å²) in [5.41, 5.74) is 2.32. The molecule has 0 aliphatic carbocycles. The zero-order valence-corrected chi connectivity index (χ0v) is 7.20. The third kappa shape index (κ3) is 2.47. The van der Waals surface area contributed by atoms with E-state index in [0.717, 1.165) is 5.56 Å². The smallest absolute Gasteiger partial charge is 0.0626 e. The number of aliphatic hydroxyl groups is 1. The molecule has 0 radical (unpaired) electrons. The minimum absolute atomic E-state index is 0.113. The molecule has 0 atom stereocenters. The van der Waals surface area contributed by atoms with Gasteiger partial charge in [0.1, 0.15) is 0 Å². The van der Waals surface area contributed by atoms with Crippen LogP contribution in [0.1, 0.15) is 11.1 Å². The van der Waals surface area contributed by atoms with Gasteiger partial charge in [0.15, 0.2) is 0 Å². The highest BCUT2D eigenvalue weighted by atomic mass is 16.3. The zero-order chi connectivity index (χ0) is 8.81. The first-order chi connectivity index (χ1) is 5.84. The van der Waals surface area contributed by atoms with Crippen LogP contribution in [0.5, 0.6) is 0 Å². The van der Waals surface area contributed by atoms with E-state index in [1.807, 2.05) is 31.2 Å². The monoisotopic (exact) mass is 163 g/mol. The van der Waals surface area contributed by atoms with Crippen LogP contribution in [0.2, 0.25) is 0 Å². The summed E-state index contributed by atoms with van der Waals surface area (Å²) in [5, 5.41) is 8.50. The quantitative estimate of drug-likeness (QED) is 0.671. The van der Waals surface area contributed by atoms with Crippen molar-refractivity contribution in [3.8, 4) is 0 Å². The summed E-state index contributed by atoms with van der Waals surface area (Å²) in [7, 11) is 0. The van der Waals surface area contributed by atoms with Gasteiger partial charge in [0.05, 0.1) is 13.2 Å². The predicted octanol–water partition coefficient (Wildman–Crippen LogP) is 1.41. The second-order valence-corrected chi connectivity index (χ2v) is 2.62. The molecule has 2 heteroatoms. The van der Waals surface area contributed by atoms with Crippen molar-refractivity contribution in [2.24, 2.45) is 4.99 Å². The maximum atomic E-state index is 8.50. The summed E-state index contributed by atoms with van der Waals surface area (Å²) in [4.78, 5) is 4.05. The molecule has 0 bridgehead atoms. The average molecular weight is 163 g/mol. The Balaban J connectivity index is 2.68. The molecule has 0 aliphatic rings. The van der Waals surface area contributed by atoms with E-state index in [4.69, 9.17) is 5.11 Å². The van der Waals surface area contributed by atoms with E-state index in [1.165, 1.54) is 5.56 Å². The SMILES string of the molecule is Cc1ccccc1C=NCCO. The molecule has 0 saturated heterocycles. The summed E-state index contributed by atoms with van der Waals surface area (Å²) in [6.45, 7) is 2.64. The molecule has 0 amide bonds. The Morgan fingerprint density at radius 1 is 1.42 bits per heavy atom. The molecular weight excluding hydrogens is 150 g/mol. The molecule has 1 rings (SSSR count). The number of rotatable bonds is 3. The van der Waals surface area contributed by atoms with Crippen molar-refractivity contribution in [2.75, 3.05) is 13.2 Å². The Bertz CT molecular complexity index is 268. The fraction of sp³-hybridized carbons (Fsp3) is 0.300. The molecule has 0 heterocycles. The van der Waals surface area contributed by atoms with Crippen LogP contribution in [0.25, 0.3) is 0 Å². The summed E-state index contributed by atoms with van der Waals surface area (Å²) < 4.78 is 0. The minimum atomic E-state index is 0.113. The first-order valence-electron chi connectivity index (χ1n) is 4.01. The molecule has 2 nitrogen and oxygen atoms in total. The number of aliphatic hydroxyl groups excluding tert-OH is 1. The molecule has 0 aromatic heterocycles. The normalized spacial score (nSPS) is 10.8. The lowest BCUT2D eigenvalue weighted by Crippen LogP contribution is -1.90. The molecule has 0 spiro atoms. The Kier molecular flexibility index (Phi) is 3.48. The molecule has 1 aromatic rings. The highest BCUT2D eigenvalue weighted by molar-refractivity contribution is 5.81. The standard InChI is InChI=1S/C10H13NO/c1-9-4-2-3-5-10(9)8-11-6-7-12/h2-5,8,12H,6-7H2,1H3. The van der Waals surface area contributed by atoms with Crippen LogP contribution in [0.3, 0.4) is 0 Å². The van der Waals surface area contributed by atoms with Gasteiger partial charge in [-0.1, -0.05) is 24.3 Å². The molecular formula is C10H13NO. The van der Waals surface area contributed by atoms with Crippen molar-refractivity contribution in [2.45, 2.75) is 6.92 Å². The third-order valence-electron chi connectivity index (χ3n) is 1.65. The number of aliphatic imine (C=N–C) groups is 1. The summed E-state index contributed by atoms with van der Waals surface area (Å²) in [5.74, 6) is 0. The average Bonchev–Trinajstić information content (AvgIpc) is 2.09. The van der Waals surface area contributed by atoms with Crippen molar-refractivity contribution in [1.29, 1.82) is 0 Å². The van der Waals surface area contributed by atoms with Crippen LogP contribution in [0, 0.1) is 6.92 Å². The van der Waals surface area contributed by atoms with E-state index in [2.05, 4.69) is 4.99 Å². The Morgan fingerprint density at radius 3 is 2.83 bits per heavy atom. The van der Waals surface area contributed by atoms with Gasteiger partial charge in [-0.3, -0.25) is 4.99 Å². The van der Waals surface area contributed by atoms with Gasteiger partial charge in [-0.15, -0.1) is 0 Å². The maximum Gasteiger partial charge on any atom is 0.0626 e. The second kappa shape index (κ2) is 4.67. The molecule has 0 fully saturated rings. The number of nitrogens with zero attached hydrogens (tertiary/aromatic N) is 1. The second-order valence-electron chi connectivity index (χ2n) is 2.62. The summed E-state index contributed by atoms with van der Waals surface area (Å²) in [6.07, 6.45) is 1.80. The van der Waals surface area contributed by atoms with Gasteiger partial charge in [0.2, 0.25) is 0 Å². The Morgan fingerprint density at radius 2 is 2.17 bits per heavy atom. The van der Waals surface area contributed by atoms with E-state index < -0.39 is 0 Å². The Labute approximate surface area is 72.6 Å². The van der Waals surface area contributed by atoms with Gasteiger partial charge in [-0.05, 0) is 18.1 Å². The Hall–Kier alpha value is -1.15. The molecule has 1 aromatic carbocycles. The van der Waals surface area contributed by atoms with Crippen LogP contribution >= 0.6 is 0 Å². The van der Waals surface area contributed by atoms with E-state index in [-0.39, 0.29) is 6.61 Å². The number of benzene rings is 1. The summed E-state index contributed by atoms with van der Waals surface area (Å²) >= 11 is 0. The van der Waals surface area contributed by atoms with Gasteiger partial charge in [0, 0.05) is 6.21 Å². The van der Waals surface area contributed by atoms with Crippen LogP contribution in [0.4, 0.5) is 0 Å². The topological polar surface area (TPSA) is 32.6 Å². The van der Waals surface area contributed by atoms with Gasteiger partial charge < -0.3 is 5.11 Å². The van der Waals surface area contributed by atoms with Gasteiger partial charge in [-0.2, -0.15) is 0 Å². The van der Waals surface area contributed by atoms with Crippen LogP contribution in [-0.2, 0) is 0 Å². The van der Waals surface area contributed by atoms with E-state index >= 15 is 0 Å². The number of aryl methyl sites for hydroxylation is 1. The molecule has 0 aliphatic heterocycles. The highest BCUT2D eigenvalue weighted by Gasteiger charge is 1.90. The fourth-order valence-corrected chi connectivity index (χ4v) is 0.952. The van der Waals surface area contributed by atoms with Crippen molar-refractivity contribution >= 4 is 6.21 Å². The lowest BCUT2D eigenvalue weighted by molar-refractivity contribution is 0.307. The molecule has 1 N–H and O–H groups in total. The van der Waals surface area contributed by atoms with Crippen molar-refractivity contribution in [3.05, 3.63) is 35.4 Å². The van der Waals surface area contributed by atoms with E-state index in [1.54, 1.807) is 6.21 Å². The predicted molar refractivity (Wildman–Crippen MR) is 50.7 cm³/mol. The first-order valence-corrected chi connectivity index (χ1v) is 4.01. The maximum absolute atomic E-state index is 8.50. The lowest BCUT2D eigenvalue weighted by atomic mass is 10.1.